The largest absolute Gasteiger partial charge is 0.507 e. The van der Waals surface area contributed by atoms with Gasteiger partial charge in [-0.15, -0.1) is 0 Å². The lowest BCUT2D eigenvalue weighted by atomic mass is 9.90. The number of ketones is 1. The quantitative estimate of drug-likeness (QED) is 0.849. The highest BCUT2D eigenvalue weighted by molar-refractivity contribution is 5.84. The predicted molar refractivity (Wildman–Crippen MR) is 77.1 cm³/mol. The van der Waals surface area contributed by atoms with Gasteiger partial charge in [0.05, 0.1) is 10.9 Å². The maximum absolute atomic E-state index is 12.1. The Morgan fingerprint density at radius 1 is 1.35 bits per heavy atom. The summed E-state index contributed by atoms with van der Waals surface area (Å²) in [4.78, 5) is 23.5. The number of carbonyl (C=O) groups excluding carboxylic acids is 1. The summed E-state index contributed by atoms with van der Waals surface area (Å²) >= 11 is 0. The van der Waals surface area contributed by atoms with Crippen molar-refractivity contribution in [1.82, 2.24) is 0 Å². The number of fused-ring (bicyclic) bond motifs is 1. The standard InChI is InChI=1S/C16H18O4/c1-3-6-11(9-10(2)17)14-15(18)12-7-4-5-8-13(12)20-16(14)19/h4-5,7-8,11,18H,3,6,9H2,1-2H3/t11-/m1/s1. The van der Waals surface area contributed by atoms with E-state index in [1.54, 1.807) is 24.3 Å². The third-order valence-corrected chi connectivity index (χ3v) is 3.40. The fourth-order valence-electron chi connectivity index (χ4n) is 2.55. The van der Waals surface area contributed by atoms with Crippen molar-refractivity contribution >= 4 is 16.8 Å². The lowest BCUT2D eigenvalue weighted by Crippen LogP contribution is -2.15. The molecular weight excluding hydrogens is 256 g/mol. The molecule has 0 saturated heterocycles. The summed E-state index contributed by atoms with van der Waals surface area (Å²) in [6, 6.07) is 6.85. The number of para-hydroxylation sites is 1. The minimum absolute atomic E-state index is 0.00425. The van der Waals surface area contributed by atoms with Crippen LogP contribution in [0.15, 0.2) is 33.5 Å². The summed E-state index contributed by atoms with van der Waals surface area (Å²) in [7, 11) is 0. The van der Waals surface area contributed by atoms with E-state index >= 15 is 0 Å². The highest BCUT2D eigenvalue weighted by Crippen LogP contribution is 2.34. The monoisotopic (exact) mass is 274 g/mol. The Kier molecular flexibility index (Phi) is 4.23. The fourth-order valence-corrected chi connectivity index (χ4v) is 2.55. The highest BCUT2D eigenvalue weighted by atomic mass is 16.4. The van der Waals surface area contributed by atoms with Gasteiger partial charge in [0.15, 0.2) is 0 Å². The van der Waals surface area contributed by atoms with Gasteiger partial charge in [-0.2, -0.15) is 0 Å². The second-order valence-corrected chi connectivity index (χ2v) is 5.04. The van der Waals surface area contributed by atoms with E-state index in [9.17, 15) is 14.7 Å². The van der Waals surface area contributed by atoms with Gasteiger partial charge in [0.25, 0.3) is 0 Å². The topological polar surface area (TPSA) is 67.5 Å². The number of hydrogen-bond donors (Lipinski definition) is 1. The molecule has 0 aliphatic heterocycles. The molecule has 0 aliphatic carbocycles. The van der Waals surface area contributed by atoms with Gasteiger partial charge in [-0.1, -0.05) is 25.5 Å². The maximum Gasteiger partial charge on any atom is 0.343 e. The summed E-state index contributed by atoms with van der Waals surface area (Å²) in [6.07, 6.45) is 1.73. The van der Waals surface area contributed by atoms with Gasteiger partial charge in [0.1, 0.15) is 17.1 Å². The molecule has 0 unspecified atom stereocenters. The number of rotatable bonds is 5. The molecule has 0 bridgehead atoms. The molecule has 0 aliphatic rings. The molecule has 1 atom stereocenters. The molecular formula is C16H18O4. The van der Waals surface area contributed by atoms with Crippen LogP contribution in [0.5, 0.6) is 5.75 Å². The van der Waals surface area contributed by atoms with Crippen LogP contribution in [0.4, 0.5) is 0 Å². The van der Waals surface area contributed by atoms with Gasteiger partial charge in [-0.25, -0.2) is 4.79 Å². The molecule has 2 aromatic rings. The van der Waals surface area contributed by atoms with Crippen molar-refractivity contribution in [2.24, 2.45) is 0 Å². The third-order valence-electron chi connectivity index (χ3n) is 3.40. The van der Waals surface area contributed by atoms with Crippen molar-refractivity contribution in [3.63, 3.8) is 0 Å². The lowest BCUT2D eigenvalue weighted by Gasteiger charge is -2.15. The molecule has 4 nitrogen and oxygen atoms in total. The molecule has 1 aromatic carbocycles. The van der Waals surface area contributed by atoms with Crippen LogP contribution in [0.2, 0.25) is 0 Å². The van der Waals surface area contributed by atoms with E-state index in [4.69, 9.17) is 4.42 Å². The summed E-state index contributed by atoms with van der Waals surface area (Å²) in [6.45, 7) is 3.47. The van der Waals surface area contributed by atoms with Crippen molar-refractivity contribution in [3.05, 3.63) is 40.2 Å². The normalized spacial score (nSPS) is 12.5. The first-order valence-electron chi connectivity index (χ1n) is 6.78. The number of benzene rings is 1. The first-order valence-corrected chi connectivity index (χ1v) is 6.78. The second kappa shape index (κ2) is 5.90. The number of carbonyl (C=O) groups is 1. The van der Waals surface area contributed by atoms with Crippen LogP contribution in [0, 0.1) is 0 Å². The van der Waals surface area contributed by atoms with Crippen LogP contribution < -0.4 is 5.63 Å². The molecule has 106 valence electrons. The first-order chi connectivity index (χ1) is 9.54. The summed E-state index contributed by atoms with van der Waals surface area (Å²) in [5.74, 6) is -0.356. The van der Waals surface area contributed by atoms with E-state index in [0.29, 0.717) is 17.4 Å². The Morgan fingerprint density at radius 2 is 2.05 bits per heavy atom. The molecule has 0 amide bonds. The Morgan fingerprint density at radius 3 is 2.70 bits per heavy atom. The van der Waals surface area contributed by atoms with E-state index in [-0.39, 0.29) is 29.4 Å². The van der Waals surface area contributed by atoms with Crippen molar-refractivity contribution in [2.45, 2.75) is 39.0 Å². The minimum Gasteiger partial charge on any atom is -0.507 e. The average molecular weight is 274 g/mol. The molecule has 4 heteroatoms. The zero-order valence-corrected chi connectivity index (χ0v) is 11.7. The van der Waals surface area contributed by atoms with Crippen molar-refractivity contribution < 1.29 is 14.3 Å². The van der Waals surface area contributed by atoms with Crippen molar-refractivity contribution in [3.8, 4) is 5.75 Å². The minimum atomic E-state index is -0.555. The van der Waals surface area contributed by atoms with Gasteiger partial charge in [-0.3, -0.25) is 0 Å². The van der Waals surface area contributed by atoms with Gasteiger partial charge in [-0.05, 0) is 25.5 Å². The van der Waals surface area contributed by atoms with E-state index < -0.39 is 5.63 Å². The van der Waals surface area contributed by atoms with Gasteiger partial charge < -0.3 is 14.3 Å². The number of aromatic hydroxyl groups is 1. The molecule has 0 radical (unpaired) electrons. The van der Waals surface area contributed by atoms with Crippen LogP contribution in [0.1, 0.15) is 44.6 Å². The van der Waals surface area contributed by atoms with E-state index in [0.717, 1.165) is 6.42 Å². The highest BCUT2D eigenvalue weighted by Gasteiger charge is 2.23. The van der Waals surface area contributed by atoms with Gasteiger partial charge in [0, 0.05) is 12.3 Å². The smallest absolute Gasteiger partial charge is 0.343 e. The SMILES string of the molecule is CCC[C@H](CC(C)=O)c1c(O)c2ccccc2oc1=O. The summed E-state index contributed by atoms with van der Waals surface area (Å²) in [5, 5.41) is 10.9. The Bertz CT molecular complexity index is 684. The summed E-state index contributed by atoms with van der Waals surface area (Å²) < 4.78 is 5.26. The lowest BCUT2D eigenvalue weighted by molar-refractivity contribution is -0.117. The first kappa shape index (κ1) is 14.3. The molecule has 0 fully saturated rings. The number of Topliss-reactive ketones (excluding diaryl/α,β-unsaturated/α-hetero) is 1. The molecule has 1 heterocycles. The van der Waals surface area contributed by atoms with Gasteiger partial charge in [0.2, 0.25) is 0 Å². The molecule has 2 rings (SSSR count). The summed E-state index contributed by atoms with van der Waals surface area (Å²) in [5.41, 5.74) is 0.0264. The fraction of sp³-hybridized carbons (Fsp3) is 0.375. The zero-order chi connectivity index (χ0) is 14.7. The average Bonchev–Trinajstić information content (AvgIpc) is 2.38. The molecule has 20 heavy (non-hydrogen) atoms. The maximum atomic E-state index is 12.1. The molecule has 0 spiro atoms. The third kappa shape index (κ3) is 2.74. The molecule has 1 aromatic heterocycles. The Hall–Kier alpha value is -2.10. The van der Waals surface area contributed by atoms with Crippen LogP contribution in [-0.4, -0.2) is 10.9 Å². The van der Waals surface area contributed by atoms with E-state index in [2.05, 4.69) is 0 Å². The predicted octanol–water partition coefficient (Wildman–Crippen LogP) is 3.36. The van der Waals surface area contributed by atoms with E-state index in [1.807, 2.05) is 6.92 Å². The molecule has 0 saturated carbocycles. The zero-order valence-electron chi connectivity index (χ0n) is 11.7. The van der Waals surface area contributed by atoms with Crippen molar-refractivity contribution in [2.75, 3.05) is 0 Å². The number of hydrogen-bond acceptors (Lipinski definition) is 4. The van der Waals surface area contributed by atoms with Crippen LogP contribution in [0.3, 0.4) is 0 Å². The van der Waals surface area contributed by atoms with Crippen LogP contribution >= 0.6 is 0 Å². The van der Waals surface area contributed by atoms with Gasteiger partial charge >= 0.3 is 5.63 Å². The van der Waals surface area contributed by atoms with Crippen LogP contribution in [0.25, 0.3) is 11.0 Å². The Labute approximate surface area is 117 Å². The van der Waals surface area contributed by atoms with E-state index in [1.165, 1.54) is 6.92 Å². The Balaban J connectivity index is 2.62. The molecule has 1 N–H and O–H groups in total. The second-order valence-electron chi connectivity index (χ2n) is 5.04. The van der Waals surface area contributed by atoms with Crippen LogP contribution in [-0.2, 0) is 4.79 Å². The van der Waals surface area contributed by atoms with Crippen molar-refractivity contribution in [1.29, 1.82) is 0 Å².